The van der Waals surface area contributed by atoms with Gasteiger partial charge in [-0.2, -0.15) is 0 Å². The van der Waals surface area contributed by atoms with Crippen molar-refractivity contribution in [2.24, 2.45) is 0 Å². The van der Waals surface area contributed by atoms with E-state index >= 15 is 0 Å². The number of alkyl carbamates (subject to hydrolysis) is 1. The van der Waals surface area contributed by atoms with Crippen molar-refractivity contribution in [1.82, 2.24) is 5.32 Å². The van der Waals surface area contributed by atoms with E-state index in [2.05, 4.69) is 4.74 Å². The number of nitrogens with one attached hydrogen (secondary N) is 1. The van der Waals surface area contributed by atoms with Crippen LogP contribution in [0, 0.1) is 0 Å². The van der Waals surface area contributed by atoms with Gasteiger partial charge in [-0.15, -0.1) is 0 Å². The van der Waals surface area contributed by atoms with Gasteiger partial charge < -0.3 is 19.9 Å². The van der Waals surface area contributed by atoms with Crippen molar-refractivity contribution in [3.8, 4) is 0 Å². The number of benzene rings is 1. The van der Waals surface area contributed by atoms with Crippen LogP contribution in [0.1, 0.15) is 12.0 Å². The molecule has 0 fully saturated rings. The van der Waals surface area contributed by atoms with Crippen molar-refractivity contribution in [1.29, 1.82) is 0 Å². The van der Waals surface area contributed by atoms with Crippen molar-refractivity contribution in [3.05, 3.63) is 35.9 Å². The highest BCUT2D eigenvalue weighted by Crippen LogP contribution is 2.06. The number of halogens is 1. The normalized spacial score (nSPS) is 12.8. The van der Waals surface area contributed by atoms with E-state index in [4.69, 9.17) is 9.84 Å². The number of carbonyl (C=O) groups excluding carboxylic acids is 2. The first-order chi connectivity index (χ1) is 10.4. The highest BCUT2D eigenvalue weighted by atomic mass is 19.1. The van der Waals surface area contributed by atoms with E-state index < -0.39 is 36.7 Å². The minimum Gasteiger partial charge on any atom is -0.480 e. The van der Waals surface area contributed by atoms with Crippen molar-refractivity contribution in [2.75, 3.05) is 7.11 Å². The fraction of sp³-hybridized carbons (Fsp3) is 0.357. The van der Waals surface area contributed by atoms with Gasteiger partial charge in [-0.3, -0.25) is 0 Å². The Hall–Kier alpha value is -2.64. The predicted octanol–water partition coefficient (Wildman–Crippen LogP) is 1.27. The molecule has 1 aromatic carbocycles. The van der Waals surface area contributed by atoms with Crippen molar-refractivity contribution < 1.29 is 33.4 Å². The molecule has 1 aromatic rings. The summed E-state index contributed by atoms with van der Waals surface area (Å²) in [7, 11) is 0.978. The molecule has 1 amide bonds. The zero-order valence-electron chi connectivity index (χ0n) is 11.8. The number of aliphatic carboxylic acids is 1. The van der Waals surface area contributed by atoms with Gasteiger partial charge in [-0.1, -0.05) is 30.3 Å². The van der Waals surface area contributed by atoms with Crippen LogP contribution in [0.4, 0.5) is 9.18 Å². The maximum absolute atomic E-state index is 13.4. The van der Waals surface area contributed by atoms with Gasteiger partial charge >= 0.3 is 18.0 Å². The Kier molecular flexibility index (Phi) is 6.81. The molecule has 8 heteroatoms. The van der Waals surface area contributed by atoms with Crippen molar-refractivity contribution >= 4 is 18.0 Å². The van der Waals surface area contributed by atoms with Gasteiger partial charge in [0.05, 0.1) is 7.11 Å². The number of carboxylic acids is 1. The van der Waals surface area contributed by atoms with Crippen LogP contribution in [0.5, 0.6) is 0 Å². The van der Waals surface area contributed by atoms with E-state index in [9.17, 15) is 18.8 Å². The van der Waals surface area contributed by atoms with Crippen LogP contribution in [0.15, 0.2) is 30.3 Å². The fourth-order valence-corrected chi connectivity index (χ4v) is 1.56. The number of alkyl halides is 1. The molecule has 0 bridgehead atoms. The highest BCUT2D eigenvalue weighted by molar-refractivity contribution is 5.81. The zero-order valence-corrected chi connectivity index (χ0v) is 11.8. The lowest BCUT2D eigenvalue weighted by Gasteiger charge is -2.15. The van der Waals surface area contributed by atoms with E-state index in [0.29, 0.717) is 5.56 Å². The van der Waals surface area contributed by atoms with Crippen molar-refractivity contribution in [2.45, 2.75) is 25.2 Å². The molecular weight excluding hydrogens is 297 g/mol. The SMILES string of the molecule is COC(=O)[C@H](F)C[C@H](NC(=O)OCc1ccccc1)C(=O)O. The van der Waals surface area contributed by atoms with Crippen molar-refractivity contribution in [3.63, 3.8) is 0 Å². The molecule has 0 unspecified atom stereocenters. The number of rotatable bonds is 7. The van der Waals surface area contributed by atoms with Crippen LogP contribution in [0.25, 0.3) is 0 Å². The van der Waals surface area contributed by atoms with E-state index in [0.717, 1.165) is 7.11 Å². The molecule has 120 valence electrons. The van der Waals surface area contributed by atoms with E-state index in [1.54, 1.807) is 30.3 Å². The monoisotopic (exact) mass is 313 g/mol. The third kappa shape index (κ3) is 5.78. The smallest absolute Gasteiger partial charge is 0.408 e. The van der Waals surface area contributed by atoms with Crippen LogP contribution in [-0.2, 0) is 25.7 Å². The van der Waals surface area contributed by atoms with Crippen LogP contribution in [0.3, 0.4) is 0 Å². The second-order valence-electron chi connectivity index (χ2n) is 4.32. The topological polar surface area (TPSA) is 102 Å². The van der Waals surface area contributed by atoms with Crippen LogP contribution in [-0.4, -0.2) is 42.5 Å². The van der Waals surface area contributed by atoms with Crippen LogP contribution >= 0.6 is 0 Å². The number of esters is 1. The van der Waals surface area contributed by atoms with E-state index in [1.807, 2.05) is 5.32 Å². The van der Waals surface area contributed by atoms with Gasteiger partial charge in [0, 0.05) is 6.42 Å². The quantitative estimate of drug-likeness (QED) is 0.735. The molecule has 0 radical (unpaired) electrons. The second kappa shape index (κ2) is 8.60. The van der Waals surface area contributed by atoms with E-state index in [1.165, 1.54) is 0 Å². The van der Waals surface area contributed by atoms with Crippen LogP contribution < -0.4 is 5.32 Å². The van der Waals surface area contributed by atoms with Gasteiger partial charge in [-0.05, 0) is 5.56 Å². The number of carbonyl (C=O) groups is 3. The molecule has 2 N–H and O–H groups in total. The standard InChI is InChI=1S/C14H16FNO6/c1-21-13(19)10(15)7-11(12(17)18)16-14(20)22-8-9-5-3-2-4-6-9/h2-6,10-11H,7-8H2,1H3,(H,16,20)(H,17,18)/t10-,11+/m1/s1. The first kappa shape index (κ1) is 17.4. The molecule has 22 heavy (non-hydrogen) atoms. The number of carboxylic acid groups (broad SMARTS) is 1. The number of amides is 1. The molecular formula is C14H16FNO6. The Morgan fingerprint density at radius 1 is 1.27 bits per heavy atom. The summed E-state index contributed by atoms with van der Waals surface area (Å²) in [5.74, 6) is -2.69. The van der Waals surface area contributed by atoms with Gasteiger partial charge in [0.15, 0.2) is 6.17 Å². The lowest BCUT2D eigenvalue weighted by molar-refractivity contribution is -0.148. The molecule has 0 aliphatic carbocycles. The van der Waals surface area contributed by atoms with E-state index in [-0.39, 0.29) is 6.61 Å². The molecule has 1 rings (SSSR count). The summed E-state index contributed by atoms with van der Waals surface area (Å²) in [5, 5.41) is 10.9. The minimum absolute atomic E-state index is 0.0604. The maximum Gasteiger partial charge on any atom is 0.408 e. The maximum atomic E-state index is 13.4. The Labute approximate surface area is 126 Å². The largest absolute Gasteiger partial charge is 0.480 e. The summed E-state index contributed by atoms with van der Waals surface area (Å²) >= 11 is 0. The Morgan fingerprint density at radius 2 is 1.91 bits per heavy atom. The molecule has 0 aromatic heterocycles. The minimum atomic E-state index is -2.15. The van der Waals surface area contributed by atoms with Gasteiger partial charge in [0.25, 0.3) is 0 Å². The average Bonchev–Trinajstić information content (AvgIpc) is 2.52. The lowest BCUT2D eigenvalue weighted by atomic mass is 10.1. The first-order valence-corrected chi connectivity index (χ1v) is 6.36. The van der Waals surface area contributed by atoms with Crippen LogP contribution in [0.2, 0.25) is 0 Å². The first-order valence-electron chi connectivity index (χ1n) is 6.36. The summed E-state index contributed by atoms with van der Waals surface area (Å²) in [6.07, 6.45) is -3.92. The zero-order chi connectivity index (χ0) is 16.5. The van der Waals surface area contributed by atoms with Gasteiger partial charge in [-0.25, -0.2) is 18.8 Å². The van der Waals surface area contributed by atoms with Gasteiger partial charge in [0.1, 0.15) is 12.6 Å². The molecule has 0 aliphatic heterocycles. The molecule has 0 saturated carbocycles. The number of hydrogen-bond acceptors (Lipinski definition) is 5. The molecule has 0 saturated heterocycles. The summed E-state index contributed by atoms with van der Waals surface area (Å²) in [5.41, 5.74) is 0.711. The number of hydrogen-bond donors (Lipinski definition) is 2. The lowest BCUT2D eigenvalue weighted by Crippen LogP contribution is -2.43. The molecule has 2 atom stereocenters. The Morgan fingerprint density at radius 3 is 2.45 bits per heavy atom. The summed E-state index contributed by atoms with van der Waals surface area (Å²) in [6, 6.07) is 7.13. The molecule has 0 spiro atoms. The second-order valence-corrected chi connectivity index (χ2v) is 4.32. The average molecular weight is 313 g/mol. The Balaban J connectivity index is 2.50. The number of methoxy groups -OCH3 is 1. The third-order valence-electron chi connectivity index (χ3n) is 2.70. The molecule has 0 heterocycles. The molecule has 0 aliphatic rings. The third-order valence-corrected chi connectivity index (χ3v) is 2.70. The Bertz CT molecular complexity index is 521. The summed E-state index contributed by atoms with van der Waals surface area (Å²) in [4.78, 5) is 33.4. The predicted molar refractivity (Wildman–Crippen MR) is 72.7 cm³/mol. The molecule has 7 nitrogen and oxygen atoms in total. The summed E-state index contributed by atoms with van der Waals surface area (Å²) in [6.45, 7) is -0.0604. The fourth-order valence-electron chi connectivity index (χ4n) is 1.56. The number of ether oxygens (including phenoxy) is 2. The summed E-state index contributed by atoms with van der Waals surface area (Å²) < 4.78 is 22.4. The van der Waals surface area contributed by atoms with Gasteiger partial charge in [0.2, 0.25) is 0 Å². The highest BCUT2D eigenvalue weighted by Gasteiger charge is 2.29.